The number of nitrogens with one attached hydrogen (secondary N) is 2. The Morgan fingerprint density at radius 3 is 2.14 bits per heavy atom. The first-order chi connectivity index (χ1) is 9.94. The van der Waals surface area contributed by atoms with E-state index in [0.717, 1.165) is 38.9 Å². The van der Waals surface area contributed by atoms with Gasteiger partial charge >= 0.3 is 0 Å². The topological polar surface area (TPSA) is 44.4 Å². The summed E-state index contributed by atoms with van der Waals surface area (Å²) in [5.74, 6) is 0.117. The Morgan fingerprint density at radius 1 is 1.00 bits per heavy atom. The maximum absolute atomic E-state index is 12.1. The lowest BCUT2D eigenvalue weighted by Gasteiger charge is -2.23. The van der Waals surface area contributed by atoms with Gasteiger partial charge in [-0.2, -0.15) is 0 Å². The van der Waals surface area contributed by atoms with Crippen molar-refractivity contribution in [1.29, 1.82) is 0 Å². The van der Waals surface area contributed by atoms with Crippen molar-refractivity contribution in [2.75, 3.05) is 19.6 Å². The van der Waals surface area contributed by atoms with E-state index in [1.807, 2.05) is 6.92 Å². The van der Waals surface area contributed by atoms with E-state index in [1.165, 1.54) is 6.42 Å². The number of nitrogens with zero attached hydrogens (tertiary/aromatic N) is 1. The van der Waals surface area contributed by atoms with Crippen LogP contribution in [-0.2, 0) is 4.79 Å². The minimum absolute atomic E-state index is 0.117. The van der Waals surface area contributed by atoms with Crippen molar-refractivity contribution in [3.8, 4) is 0 Å². The fourth-order valence-corrected chi connectivity index (χ4v) is 2.62. The molecule has 0 rings (SSSR count). The summed E-state index contributed by atoms with van der Waals surface area (Å²) in [4.78, 5) is 14.5. The third-order valence-electron chi connectivity index (χ3n) is 4.04. The predicted molar refractivity (Wildman–Crippen MR) is 91.6 cm³/mol. The van der Waals surface area contributed by atoms with Crippen LogP contribution < -0.4 is 10.6 Å². The molecule has 2 N–H and O–H groups in total. The molecule has 0 heterocycles. The largest absolute Gasteiger partial charge is 0.352 e. The molecule has 3 atom stereocenters. The number of hydrogen-bond donors (Lipinski definition) is 2. The Morgan fingerprint density at radius 2 is 1.62 bits per heavy atom. The summed E-state index contributed by atoms with van der Waals surface area (Å²) < 4.78 is 0. The molecule has 4 nitrogen and oxygen atoms in total. The second kappa shape index (κ2) is 12.0. The van der Waals surface area contributed by atoms with Gasteiger partial charge in [0.2, 0.25) is 5.91 Å². The van der Waals surface area contributed by atoms with Crippen molar-refractivity contribution in [2.45, 2.75) is 85.4 Å². The molecular weight excluding hydrogens is 262 g/mol. The Kier molecular flexibility index (Phi) is 11.6. The second-order valence-electron chi connectivity index (χ2n) is 6.16. The first-order valence-corrected chi connectivity index (χ1v) is 8.73. The van der Waals surface area contributed by atoms with E-state index in [4.69, 9.17) is 0 Å². The van der Waals surface area contributed by atoms with Gasteiger partial charge in [-0.3, -0.25) is 4.79 Å². The van der Waals surface area contributed by atoms with Crippen LogP contribution in [0.2, 0.25) is 0 Å². The Labute approximate surface area is 132 Å². The van der Waals surface area contributed by atoms with E-state index in [-0.39, 0.29) is 18.0 Å². The van der Waals surface area contributed by atoms with Crippen LogP contribution in [-0.4, -0.2) is 48.6 Å². The van der Waals surface area contributed by atoms with Gasteiger partial charge in [0.05, 0.1) is 6.04 Å². The molecule has 21 heavy (non-hydrogen) atoms. The van der Waals surface area contributed by atoms with E-state index in [9.17, 15) is 4.79 Å². The van der Waals surface area contributed by atoms with Crippen molar-refractivity contribution >= 4 is 5.91 Å². The summed E-state index contributed by atoms with van der Waals surface area (Å²) in [6.45, 7) is 16.1. The normalized spacial score (nSPS) is 15.8. The van der Waals surface area contributed by atoms with Crippen LogP contribution in [0.4, 0.5) is 0 Å². The van der Waals surface area contributed by atoms with Gasteiger partial charge in [0.25, 0.3) is 0 Å². The fourth-order valence-electron chi connectivity index (χ4n) is 2.62. The van der Waals surface area contributed by atoms with Crippen LogP contribution in [0.25, 0.3) is 0 Å². The standard InChI is InChI=1S/C17H37N3O/c1-7-11-14(4)19-17(21)16(6)18-15(5)12-10-13-20(8-2)9-3/h14-16,18H,7-13H2,1-6H3,(H,19,21). The van der Waals surface area contributed by atoms with Crippen molar-refractivity contribution in [3.05, 3.63) is 0 Å². The van der Waals surface area contributed by atoms with Crippen LogP contribution in [0.5, 0.6) is 0 Å². The molecule has 0 aliphatic carbocycles. The summed E-state index contributed by atoms with van der Waals surface area (Å²) in [6, 6.07) is 0.528. The van der Waals surface area contributed by atoms with E-state index in [0.29, 0.717) is 6.04 Å². The molecule has 0 radical (unpaired) electrons. The molecule has 4 heteroatoms. The molecular formula is C17H37N3O. The highest BCUT2D eigenvalue weighted by Crippen LogP contribution is 2.02. The summed E-state index contributed by atoms with van der Waals surface area (Å²) >= 11 is 0. The van der Waals surface area contributed by atoms with Crippen LogP contribution in [0, 0.1) is 0 Å². The molecule has 0 saturated carbocycles. The molecule has 1 amide bonds. The van der Waals surface area contributed by atoms with Gasteiger partial charge in [-0.1, -0.05) is 27.2 Å². The summed E-state index contributed by atoms with van der Waals surface area (Å²) in [7, 11) is 0. The van der Waals surface area contributed by atoms with Gasteiger partial charge in [0.15, 0.2) is 0 Å². The van der Waals surface area contributed by atoms with Gasteiger partial charge < -0.3 is 15.5 Å². The highest BCUT2D eigenvalue weighted by atomic mass is 16.2. The molecule has 0 bridgehead atoms. The second-order valence-corrected chi connectivity index (χ2v) is 6.16. The predicted octanol–water partition coefficient (Wildman–Crippen LogP) is 2.78. The van der Waals surface area contributed by atoms with Crippen LogP contribution >= 0.6 is 0 Å². The molecule has 0 aliphatic heterocycles. The van der Waals surface area contributed by atoms with Crippen LogP contribution in [0.1, 0.15) is 67.2 Å². The molecule has 3 unspecified atom stereocenters. The summed E-state index contributed by atoms with van der Waals surface area (Å²) in [5.41, 5.74) is 0. The zero-order chi connectivity index (χ0) is 16.3. The Hall–Kier alpha value is -0.610. The molecule has 0 aliphatic rings. The third kappa shape index (κ3) is 9.86. The van der Waals surface area contributed by atoms with E-state index < -0.39 is 0 Å². The number of amides is 1. The first kappa shape index (κ1) is 20.4. The molecule has 0 aromatic carbocycles. The maximum atomic E-state index is 12.1. The van der Waals surface area contributed by atoms with Crippen molar-refractivity contribution in [1.82, 2.24) is 15.5 Å². The lowest BCUT2D eigenvalue weighted by atomic mass is 10.1. The number of carbonyl (C=O) groups is 1. The molecule has 0 saturated heterocycles. The number of carbonyl (C=O) groups excluding carboxylic acids is 1. The first-order valence-electron chi connectivity index (χ1n) is 8.73. The smallest absolute Gasteiger partial charge is 0.237 e. The summed E-state index contributed by atoms with van der Waals surface area (Å²) in [5, 5.41) is 6.48. The van der Waals surface area contributed by atoms with E-state index >= 15 is 0 Å². The summed E-state index contributed by atoms with van der Waals surface area (Å²) in [6.07, 6.45) is 4.43. The molecule has 0 fully saturated rings. The SMILES string of the molecule is CCCC(C)NC(=O)C(C)NC(C)CCCN(CC)CC. The maximum Gasteiger partial charge on any atom is 0.237 e. The quantitative estimate of drug-likeness (QED) is 0.582. The van der Waals surface area contributed by atoms with Gasteiger partial charge in [0, 0.05) is 12.1 Å². The highest BCUT2D eigenvalue weighted by Gasteiger charge is 2.16. The molecule has 0 spiro atoms. The average molecular weight is 300 g/mol. The minimum atomic E-state index is -0.118. The van der Waals surface area contributed by atoms with E-state index in [1.54, 1.807) is 0 Å². The highest BCUT2D eigenvalue weighted by molar-refractivity contribution is 5.81. The third-order valence-corrected chi connectivity index (χ3v) is 4.04. The van der Waals surface area contributed by atoms with E-state index in [2.05, 4.69) is 50.2 Å². The van der Waals surface area contributed by atoms with Crippen LogP contribution in [0.15, 0.2) is 0 Å². The zero-order valence-corrected chi connectivity index (χ0v) is 15.0. The number of rotatable bonds is 12. The van der Waals surface area contributed by atoms with Crippen LogP contribution in [0.3, 0.4) is 0 Å². The Balaban J connectivity index is 3.92. The van der Waals surface area contributed by atoms with Crippen molar-refractivity contribution < 1.29 is 4.79 Å². The lowest BCUT2D eigenvalue weighted by Crippen LogP contribution is -2.48. The molecule has 0 aromatic rings. The molecule has 126 valence electrons. The van der Waals surface area contributed by atoms with Crippen molar-refractivity contribution in [3.63, 3.8) is 0 Å². The van der Waals surface area contributed by atoms with Gasteiger partial charge in [0.1, 0.15) is 0 Å². The van der Waals surface area contributed by atoms with Crippen molar-refractivity contribution in [2.24, 2.45) is 0 Å². The Bertz CT molecular complexity index is 267. The monoisotopic (exact) mass is 299 g/mol. The lowest BCUT2D eigenvalue weighted by molar-refractivity contribution is -0.123. The average Bonchev–Trinajstić information content (AvgIpc) is 2.43. The van der Waals surface area contributed by atoms with Gasteiger partial charge in [-0.05, 0) is 59.7 Å². The van der Waals surface area contributed by atoms with Gasteiger partial charge in [-0.25, -0.2) is 0 Å². The zero-order valence-electron chi connectivity index (χ0n) is 15.0. The number of hydrogen-bond acceptors (Lipinski definition) is 3. The van der Waals surface area contributed by atoms with Gasteiger partial charge in [-0.15, -0.1) is 0 Å². The minimum Gasteiger partial charge on any atom is -0.352 e. The fraction of sp³-hybridized carbons (Fsp3) is 0.941. The molecule has 0 aromatic heterocycles.